The molecule has 2 N–H and O–H groups in total. The predicted octanol–water partition coefficient (Wildman–Crippen LogP) is 3.78. The molecular formula is C16H18ClNO2. The average Bonchev–Trinajstić information content (AvgIpc) is 2.46. The van der Waals surface area contributed by atoms with Crippen molar-refractivity contribution in [3.63, 3.8) is 0 Å². The van der Waals surface area contributed by atoms with Crippen LogP contribution in [-0.2, 0) is 13.2 Å². The molecule has 0 saturated heterocycles. The molecule has 2 aromatic carbocycles. The minimum absolute atomic E-state index is 0.416. The topological polar surface area (TPSA) is 44.5 Å². The molecule has 0 heterocycles. The van der Waals surface area contributed by atoms with Crippen LogP contribution in [-0.4, -0.2) is 6.61 Å². The van der Waals surface area contributed by atoms with Crippen LogP contribution in [0, 0.1) is 0 Å². The van der Waals surface area contributed by atoms with E-state index in [0.29, 0.717) is 24.8 Å². The average molecular weight is 292 g/mol. The van der Waals surface area contributed by atoms with Crippen LogP contribution in [0.5, 0.6) is 11.5 Å². The van der Waals surface area contributed by atoms with Crippen LogP contribution in [0.3, 0.4) is 0 Å². The lowest BCUT2D eigenvalue weighted by Crippen LogP contribution is -2.00. The fraction of sp³-hybridized carbons (Fsp3) is 0.250. The molecule has 0 bridgehead atoms. The number of ether oxygens (including phenoxy) is 2. The zero-order chi connectivity index (χ0) is 14.4. The quantitative estimate of drug-likeness (QED) is 0.881. The highest BCUT2D eigenvalue weighted by Crippen LogP contribution is 2.23. The maximum Gasteiger partial charge on any atom is 0.123 e. The van der Waals surface area contributed by atoms with Gasteiger partial charge in [-0.25, -0.2) is 0 Å². The minimum atomic E-state index is 0.416. The Kier molecular flexibility index (Phi) is 5.27. The van der Waals surface area contributed by atoms with E-state index in [4.69, 9.17) is 26.8 Å². The van der Waals surface area contributed by atoms with E-state index in [1.807, 2.05) is 49.4 Å². The van der Waals surface area contributed by atoms with Crippen molar-refractivity contribution in [2.24, 2.45) is 5.73 Å². The molecular weight excluding hydrogens is 274 g/mol. The van der Waals surface area contributed by atoms with Crippen LogP contribution >= 0.6 is 11.6 Å². The van der Waals surface area contributed by atoms with Crippen LogP contribution in [0.4, 0.5) is 0 Å². The lowest BCUT2D eigenvalue weighted by Gasteiger charge is -2.10. The van der Waals surface area contributed by atoms with Gasteiger partial charge in [0.25, 0.3) is 0 Å². The molecule has 0 aliphatic heterocycles. The van der Waals surface area contributed by atoms with Crippen molar-refractivity contribution >= 4 is 11.6 Å². The summed E-state index contributed by atoms with van der Waals surface area (Å²) in [7, 11) is 0. The van der Waals surface area contributed by atoms with Crippen molar-refractivity contribution in [3.8, 4) is 11.5 Å². The number of rotatable bonds is 6. The zero-order valence-electron chi connectivity index (χ0n) is 11.4. The molecule has 0 aliphatic carbocycles. The normalized spacial score (nSPS) is 10.3. The lowest BCUT2D eigenvalue weighted by atomic mass is 10.1. The molecule has 2 rings (SSSR count). The van der Waals surface area contributed by atoms with Gasteiger partial charge in [-0.3, -0.25) is 0 Å². The molecule has 0 spiro atoms. The van der Waals surface area contributed by atoms with Crippen LogP contribution in [0.2, 0.25) is 5.02 Å². The number of halogens is 1. The van der Waals surface area contributed by atoms with Crippen molar-refractivity contribution in [2.45, 2.75) is 20.1 Å². The van der Waals surface area contributed by atoms with E-state index in [1.54, 1.807) is 0 Å². The molecule has 3 nitrogen and oxygen atoms in total. The molecule has 0 unspecified atom stereocenters. The molecule has 0 saturated carbocycles. The summed E-state index contributed by atoms with van der Waals surface area (Å²) >= 11 is 6.20. The minimum Gasteiger partial charge on any atom is -0.494 e. The fourth-order valence-electron chi connectivity index (χ4n) is 1.82. The molecule has 20 heavy (non-hydrogen) atoms. The smallest absolute Gasteiger partial charge is 0.123 e. The monoisotopic (exact) mass is 291 g/mol. The van der Waals surface area contributed by atoms with Crippen molar-refractivity contribution in [1.82, 2.24) is 0 Å². The molecule has 0 aromatic heterocycles. The summed E-state index contributed by atoms with van der Waals surface area (Å²) in [5, 5.41) is 0.675. The van der Waals surface area contributed by atoms with Gasteiger partial charge >= 0.3 is 0 Å². The molecule has 2 aromatic rings. The molecule has 0 atom stereocenters. The summed E-state index contributed by atoms with van der Waals surface area (Å²) in [6.45, 7) is 3.48. The molecule has 0 radical (unpaired) electrons. The van der Waals surface area contributed by atoms with Gasteiger partial charge < -0.3 is 15.2 Å². The summed E-state index contributed by atoms with van der Waals surface area (Å²) in [5.41, 5.74) is 7.52. The van der Waals surface area contributed by atoms with Gasteiger partial charge in [-0.15, -0.1) is 0 Å². The van der Waals surface area contributed by atoms with Gasteiger partial charge in [-0.05, 0) is 30.7 Å². The van der Waals surface area contributed by atoms with Crippen LogP contribution < -0.4 is 15.2 Å². The van der Waals surface area contributed by atoms with Gasteiger partial charge in [0, 0.05) is 23.2 Å². The third kappa shape index (κ3) is 3.89. The first-order valence-electron chi connectivity index (χ1n) is 6.56. The van der Waals surface area contributed by atoms with Crippen molar-refractivity contribution in [3.05, 3.63) is 58.6 Å². The van der Waals surface area contributed by atoms with Gasteiger partial charge in [0.05, 0.1) is 6.61 Å². The largest absolute Gasteiger partial charge is 0.494 e. The first kappa shape index (κ1) is 14.7. The Balaban J connectivity index is 2.03. The Bertz CT molecular complexity index is 572. The summed E-state index contributed by atoms with van der Waals surface area (Å²) in [6.07, 6.45) is 0. The van der Waals surface area contributed by atoms with Crippen molar-refractivity contribution in [2.75, 3.05) is 6.61 Å². The first-order valence-corrected chi connectivity index (χ1v) is 6.93. The standard InChI is InChI=1S/C16H18ClNO2/c1-2-19-14-4-3-5-15(9-14)20-11-13-7-6-12(10-18)8-16(13)17/h3-9H,2,10-11,18H2,1H3. The molecule has 0 aliphatic rings. The van der Waals surface area contributed by atoms with E-state index in [1.165, 1.54) is 0 Å². The number of hydrogen-bond donors (Lipinski definition) is 1. The zero-order valence-corrected chi connectivity index (χ0v) is 12.2. The van der Waals surface area contributed by atoms with Crippen LogP contribution in [0.1, 0.15) is 18.1 Å². The summed E-state index contributed by atoms with van der Waals surface area (Å²) < 4.78 is 11.2. The van der Waals surface area contributed by atoms with E-state index < -0.39 is 0 Å². The second-order valence-corrected chi connectivity index (χ2v) is 4.73. The highest BCUT2D eigenvalue weighted by molar-refractivity contribution is 6.31. The maximum absolute atomic E-state index is 6.20. The van der Waals surface area contributed by atoms with Gasteiger partial charge in [0.1, 0.15) is 18.1 Å². The second-order valence-electron chi connectivity index (χ2n) is 4.33. The summed E-state index contributed by atoms with van der Waals surface area (Å²) in [4.78, 5) is 0. The van der Waals surface area contributed by atoms with E-state index >= 15 is 0 Å². The van der Waals surface area contributed by atoms with Crippen molar-refractivity contribution < 1.29 is 9.47 Å². The van der Waals surface area contributed by atoms with E-state index in [-0.39, 0.29) is 0 Å². The van der Waals surface area contributed by atoms with Crippen molar-refractivity contribution in [1.29, 1.82) is 0 Å². The van der Waals surface area contributed by atoms with Gasteiger partial charge in [-0.2, -0.15) is 0 Å². The second kappa shape index (κ2) is 7.17. The highest BCUT2D eigenvalue weighted by atomic mass is 35.5. The SMILES string of the molecule is CCOc1cccc(OCc2ccc(CN)cc2Cl)c1. The van der Waals surface area contributed by atoms with E-state index in [2.05, 4.69) is 0 Å². The Morgan fingerprint density at radius 1 is 1.05 bits per heavy atom. The molecule has 4 heteroatoms. The molecule has 0 amide bonds. The third-order valence-corrected chi connectivity index (χ3v) is 3.22. The maximum atomic E-state index is 6.20. The van der Waals surface area contributed by atoms with E-state index in [9.17, 15) is 0 Å². The Morgan fingerprint density at radius 2 is 1.80 bits per heavy atom. The Hall–Kier alpha value is -1.71. The fourth-order valence-corrected chi connectivity index (χ4v) is 2.07. The van der Waals surface area contributed by atoms with Crippen LogP contribution in [0.25, 0.3) is 0 Å². The molecule has 106 valence electrons. The van der Waals surface area contributed by atoms with Gasteiger partial charge in [0.2, 0.25) is 0 Å². The van der Waals surface area contributed by atoms with Gasteiger partial charge in [0.15, 0.2) is 0 Å². The van der Waals surface area contributed by atoms with Crippen LogP contribution in [0.15, 0.2) is 42.5 Å². The summed E-state index contributed by atoms with van der Waals surface area (Å²) in [5.74, 6) is 1.56. The number of hydrogen-bond acceptors (Lipinski definition) is 3. The number of benzene rings is 2. The Morgan fingerprint density at radius 3 is 2.45 bits per heavy atom. The van der Waals surface area contributed by atoms with Gasteiger partial charge in [-0.1, -0.05) is 29.8 Å². The third-order valence-electron chi connectivity index (χ3n) is 2.86. The Labute approximate surface area is 124 Å². The summed E-state index contributed by atoms with van der Waals surface area (Å²) in [6, 6.07) is 13.3. The highest BCUT2D eigenvalue weighted by Gasteiger charge is 2.03. The predicted molar refractivity (Wildman–Crippen MR) is 81.3 cm³/mol. The first-order chi connectivity index (χ1) is 9.72. The lowest BCUT2D eigenvalue weighted by molar-refractivity contribution is 0.299. The number of nitrogens with two attached hydrogens (primary N) is 1. The van der Waals surface area contributed by atoms with E-state index in [0.717, 1.165) is 22.6 Å². The molecule has 0 fully saturated rings.